The van der Waals surface area contributed by atoms with Gasteiger partial charge in [0.25, 0.3) is 0 Å². The number of para-hydroxylation sites is 1. The molecule has 1 heterocycles. The van der Waals surface area contributed by atoms with Crippen molar-refractivity contribution in [3.63, 3.8) is 0 Å². The number of amides is 3. The van der Waals surface area contributed by atoms with Gasteiger partial charge in [-0.05, 0) is 68.5 Å². The minimum Gasteiger partial charge on any atom is -0.506 e. The average Bonchev–Trinajstić information content (AvgIpc) is 3.07. The molecule has 4 rings (SSSR count). The summed E-state index contributed by atoms with van der Waals surface area (Å²) in [6.45, 7) is 5.91. The van der Waals surface area contributed by atoms with Gasteiger partial charge >= 0.3 is 6.09 Å². The van der Waals surface area contributed by atoms with Crippen LogP contribution in [0.15, 0.2) is 72.8 Å². The lowest BCUT2D eigenvalue weighted by Crippen LogP contribution is -2.47. The van der Waals surface area contributed by atoms with Gasteiger partial charge in [-0.3, -0.25) is 14.9 Å². The van der Waals surface area contributed by atoms with Gasteiger partial charge in [-0.2, -0.15) is 0 Å². The molecule has 3 aromatic carbocycles. The van der Waals surface area contributed by atoms with Gasteiger partial charge in [0, 0.05) is 44.7 Å². The van der Waals surface area contributed by atoms with Crippen LogP contribution in [0.4, 0.5) is 16.2 Å². The maximum absolute atomic E-state index is 12.9. The Bertz CT molecular complexity index is 1440. The number of ether oxygens (including phenoxy) is 1. The minimum absolute atomic E-state index is 0.0399. The molecule has 1 atom stereocenters. The molecule has 3 amide bonds. The Labute approximate surface area is 276 Å². The van der Waals surface area contributed by atoms with Crippen LogP contribution in [0.3, 0.4) is 0 Å². The summed E-state index contributed by atoms with van der Waals surface area (Å²) in [4.78, 5) is 38.1. The van der Waals surface area contributed by atoms with Crippen LogP contribution in [0, 0.1) is 0 Å². The van der Waals surface area contributed by atoms with Crippen LogP contribution in [0.1, 0.15) is 57.1 Å². The van der Waals surface area contributed by atoms with Crippen LogP contribution in [0.2, 0.25) is 0 Å². The number of carbonyl (C=O) groups is 3. The molecule has 1 aliphatic rings. The van der Waals surface area contributed by atoms with E-state index in [9.17, 15) is 24.6 Å². The van der Waals surface area contributed by atoms with E-state index in [1.165, 1.54) is 6.07 Å². The van der Waals surface area contributed by atoms with Crippen LogP contribution < -0.4 is 21.3 Å². The van der Waals surface area contributed by atoms with Crippen molar-refractivity contribution >= 4 is 29.8 Å². The quantitative estimate of drug-likeness (QED) is 0.0680. The highest BCUT2D eigenvalue weighted by Crippen LogP contribution is 2.30. The zero-order valence-corrected chi connectivity index (χ0v) is 27.0. The Balaban J connectivity index is 1.04. The highest BCUT2D eigenvalue weighted by atomic mass is 16.6. The van der Waals surface area contributed by atoms with Crippen molar-refractivity contribution in [3.05, 3.63) is 78.4 Å². The molecule has 6 N–H and O–H groups in total. The van der Waals surface area contributed by atoms with E-state index in [1.54, 1.807) is 12.1 Å². The van der Waals surface area contributed by atoms with Crippen LogP contribution in [-0.4, -0.2) is 78.4 Å². The molecule has 252 valence electrons. The van der Waals surface area contributed by atoms with Crippen molar-refractivity contribution in [2.24, 2.45) is 0 Å². The number of hydrogen-bond acceptors (Lipinski definition) is 8. The molecule has 1 aliphatic heterocycles. The number of phenols is 1. The summed E-state index contributed by atoms with van der Waals surface area (Å²) in [7, 11) is 0. The molecule has 1 unspecified atom stereocenters. The summed E-state index contributed by atoms with van der Waals surface area (Å²) in [5.41, 5.74) is 2.96. The molecular weight excluding hydrogens is 598 g/mol. The lowest BCUT2D eigenvalue weighted by molar-refractivity contribution is -0.121. The molecule has 0 aromatic heterocycles. The Morgan fingerprint density at radius 2 is 1.70 bits per heavy atom. The average molecular weight is 646 g/mol. The molecule has 11 nitrogen and oxygen atoms in total. The number of piperidine rings is 1. The van der Waals surface area contributed by atoms with Gasteiger partial charge < -0.3 is 35.8 Å². The number of anilines is 2. The van der Waals surface area contributed by atoms with Gasteiger partial charge in [0.2, 0.25) is 12.3 Å². The van der Waals surface area contributed by atoms with Crippen molar-refractivity contribution in [1.29, 1.82) is 0 Å². The highest BCUT2D eigenvalue weighted by Gasteiger charge is 2.33. The summed E-state index contributed by atoms with van der Waals surface area (Å²) in [5, 5.41) is 31.7. The van der Waals surface area contributed by atoms with Gasteiger partial charge in [0.1, 0.15) is 11.4 Å². The second-order valence-corrected chi connectivity index (χ2v) is 12.1. The summed E-state index contributed by atoms with van der Waals surface area (Å²) in [6.07, 6.45) is 3.69. The third kappa shape index (κ3) is 11.4. The lowest BCUT2D eigenvalue weighted by atomic mass is 9.93. The second kappa shape index (κ2) is 18.0. The minimum atomic E-state index is -0.775. The van der Waals surface area contributed by atoms with Crippen LogP contribution in [-0.2, 0) is 14.3 Å². The number of carbonyl (C=O) groups excluding carboxylic acids is 3. The van der Waals surface area contributed by atoms with E-state index >= 15 is 0 Å². The number of benzene rings is 3. The molecule has 47 heavy (non-hydrogen) atoms. The number of likely N-dealkylation sites (tertiary alicyclic amines) is 1. The molecule has 0 spiro atoms. The molecule has 1 fully saturated rings. The topological polar surface area (TPSA) is 152 Å². The second-order valence-electron chi connectivity index (χ2n) is 12.1. The van der Waals surface area contributed by atoms with Crippen molar-refractivity contribution in [3.8, 4) is 16.9 Å². The van der Waals surface area contributed by atoms with Gasteiger partial charge in [-0.15, -0.1) is 0 Å². The smallest absolute Gasteiger partial charge is 0.412 e. The fraction of sp³-hybridized carbons (Fsp3) is 0.417. The van der Waals surface area contributed by atoms with Gasteiger partial charge in [-0.25, -0.2) is 4.79 Å². The summed E-state index contributed by atoms with van der Waals surface area (Å²) in [6, 6.07) is 22.2. The Morgan fingerprint density at radius 3 is 2.47 bits per heavy atom. The van der Waals surface area contributed by atoms with Gasteiger partial charge in [0.15, 0.2) is 0 Å². The van der Waals surface area contributed by atoms with E-state index in [0.29, 0.717) is 56.6 Å². The van der Waals surface area contributed by atoms with Gasteiger partial charge in [-0.1, -0.05) is 61.0 Å². The zero-order valence-electron chi connectivity index (χ0n) is 27.0. The van der Waals surface area contributed by atoms with E-state index in [0.717, 1.165) is 50.0 Å². The largest absolute Gasteiger partial charge is 0.506 e. The first-order chi connectivity index (χ1) is 22.8. The van der Waals surface area contributed by atoms with Crippen molar-refractivity contribution in [2.45, 2.75) is 57.2 Å². The number of phenolic OH excluding ortho intramolecular Hbond substituents is 1. The highest BCUT2D eigenvalue weighted by molar-refractivity contribution is 5.91. The molecule has 0 radical (unpaired) electrons. The standard InChI is InChI=1S/C36H47N5O6/c1-36(47-35(46)40-30-13-8-7-12-29(30)27-10-4-2-5-11-27)17-21-41(22-18-36)23-20-38-34(45)14-6-3-9-19-37-25-33(44)28-15-16-32(43)31(24-28)39-26-42/h2,4-5,7-8,10-13,15-16,24,26,33,37,43-44H,3,6,9,14,17-23,25H2,1H3,(H,38,45)(H,39,42)(H,40,46). The first-order valence-corrected chi connectivity index (χ1v) is 16.3. The lowest BCUT2D eigenvalue weighted by Gasteiger charge is -2.38. The van der Waals surface area contributed by atoms with Crippen LogP contribution in [0.25, 0.3) is 11.1 Å². The number of aliphatic hydroxyl groups is 1. The van der Waals surface area contributed by atoms with Crippen molar-refractivity contribution in [2.75, 3.05) is 49.9 Å². The number of aromatic hydroxyl groups is 1. The molecule has 3 aromatic rings. The number of hydrogen-bond donors (Lipinski definition) is 6. The third-order valence-corrected chi connectivity index (χ3v) is 8.47. The maximum atomic E-state index is 12.9. The maximum Gasteiger partial charge on any atom is 0.412 e. The zero-order chi connectivity index (χ0) is 33.5. The van der Waals surface area contributed by atoms with E-state index in [4.69, 9.17) is 4.74 Å². The fourth-order valence-corrected chi connectivity index (χ4v) is 5.62. The first-order valence-electron chi connectivity index (χ1n) is 16.3. The van der Waals surface area contributed by atoms with E-state index in [2.05, 4.69) is 26.2 Å². The van der Waals surface area contributed by atoms with Crippen LogP contribution >= 0.6 is 0 Å². The number of rotatable bonds is 17. The van der Waals surface area contributed by atoms with Gasteiger partial charge in [0.05, 0.1) is 17.5 Å². The molecule has 0 saturated carbocycles. The summed E-state index contributed by atoms with van der Waals surface area (Å²) in [5.74, 6) is -0.0204. The SMILES string of the molecule is CC1(OC(=O)Nc2ccccc2-c2ccccc2)CCN(CCNC(=O)CCCCCNCC(O)c2ccc(O)c(NC=O)c2)CC1. The third-order valence-electron chi connectivity index (χ3n) is 8.47. The first kappa shape index (κ1) is 35.4. The Kier molecular flexibility index (Phi) is 13.6. The van der Waals surface area contributed by atoms with Crippen molar-refractivity contribution in [1.82, 2.24) is 15.5 Å². The van der Waals surface area contributed by atoms with Crippen molar-refractivity contribution < 1.29 is 29.3 Å². The monoisotopic (exact) mass is 645 g/mol. The fourth-order valence-electron chi connectivity index (χ4n) is 5.62. The number of unbranched alkanes of at least 4 members (excludes halogenated alkanes) is 2. The number of nitrogens with zero attached hydrogens (tertiary/aromatic N) is 1. The van der Waals surface area contributed by atoms with Crippen LogP contribution in [0.5, 0.6) is 5.75 Å². The Morgan fingerprint density at radius 1 is 0.957 bits per heavy atom. The predicted octanol–water partition coefficient (Wildman–Crippen LogP) is 5.03. The summed E-state index contributed by atoms with van der Waals surface area (Å²) >= 11 is 0. The predicted molar refractivity (Wildman–Crippen MR) is 183 cm³/mol. The Hall–Kier alpha value is -4.45. The molecule has 11 heteroatoms. The molecular formula is C36H47N5O6. The molecule has 0 bridgehead atoms. The number of aliphatic hydroxyl groups excluding tert-OH is 1. The molecule has 1 saturated heterocycles. The molecule has 0 aliphatic carbocycles. The van der Waals surface area contributed by atoms with E-state index < -0.39 is 17.8 Å². The van der Waals surface area contributed by atoms with E-state index in [-0.39, 0.29) is 17.3 Å². The normalized spacial score (nSPS) is 14.9. The summed E-state index contributed by atoms with van der Waals surface area (Å²) < 4.78 is 5.91. The van der Waals surface area contributed by atoms with E-state index in [1.807, 2.05) is 61.5 Å². The number of nitrogens with one attached hydrogen (secondary N) is 4.